The van der Waals surface area contributed by atoms with Gasteiger partial charge < -0.3 is 29.4 Å². The highest BCUT2D eigenvalue weighted by Crippen LogP contribution is 2.31. The maximum Gasteiger partial charge on any atom is 0.161 e. The van der Waals surface area contributed by atoms with E-state index in [9.17, 15) is 5.11 Å². The molecule has 158 valence electrons. The summed E-state index contributed by atoms with van der Waals surface area (Å²) in [5.74, 6) is 2.07. The van der Waals surface area contributed by atoms with Crippen molar-refractivity contribution in [2.24, 2.45) is 0 Å². The van der Waals surface area contributed by atoms with Gasteiger partial charge in [-0.3, -0.25) is 0 Å². The van der Waals surface area contributed by atoms with Gasteiger partial charge in [-0.2, -0.15) is 0 Å². The van der Waals surface area contributed by atoms with Gasteiger partial charge in [0.1, 0.15) is 12.4 Å². The van der Waals surface area contributed by atoms with Gasteiger partial charge in [0.05, 0.1) is 26.4 Å². The Bertz CT molecular complexity index is 787. The summed E-state index contributed by atoms with van der Waals surface area (Å²) < 4.78 is 22.6. The van der Waals surface area contributed by atoms with Crippen LogP contribution in [0.2, 0.25) is 0 Å². The molecular formula is C23H31NO5. The summed E-state index contributed by atoms with van der Waals surface area (Å²) in [4.78, 5) is 0. The molecule has 0 spiro atoms. The number of aliphatic hydroxyl groups is 1. The summed E-state index contributed by atoms with van der Waals surface area (Å²) in [6.07, 6.45) is 2.07. The number of benzene rings is 2. The Kier molecular flexibility index (Phi) is 7.75. The molecule has 1 heterocycles. The standard InChI is InChI=1S/C23H31NO5/c1-16(25)18-7-8-19(22(12-18)26-2)15-29-21-9-6-17(11-23(21)27-3)13-24-14-20-5-4-10-28-20/h6-9,11-12,16,20,24-25H,4-5,10,13-15H2,1-3H3. The number of aliphatic hydroxyl groups excluding tert-OH is 1. The first-order valence-corrected chi connectivity index (χ1v) is 10.1. The van der Waals surface area contributed by atoms with Crippen molar-refractivity contribution in [3.63, 3.8) is 0 Å². The maximum atomic E-state index is 9.74. The molecule has 29 heavy (non-hydrogen) atoms. The molecule has 2 atom stereocenters. The first kappa shape index (κ1) is 21.4. The molecule has 0 saturated carbocycles. The third-order valence-corrected chi connectivity index (χ3v) is 5.13. The first-order valence-electron chi connectivity index (χ1n) is 10.1. The van der Waals surface area contributed by atoms with Crippen LogP contribution in [0.1, 0.15) is 42.6 Å². The Labute approximate surface area is 172 Å². The zero-order valence-corrected chi connectivity index (χ0v) is 17.4. The average molecular weight is 402 g/mol. The quantitative estimate of drug-likeness (QED) is 0.634. The molecule has 1 aliphatic rings. The van der Waals surface area contributed by atoms with Crippen molar-refractivity contribution in [3.05, 3.63) is 53.1 Å². The smallest absolute Gasteiger partial charge is 0.161 e. The van der Waals surface area contributed by atoms with E-state index in [0.29, 0.717) is 30.0 Å². The molecule has 0 aromatic heterocycles. The fourth-order valence-electron chi connectivity index (χ4n) is 3.42. The summed E-state index contributed by atoms with van der Waals surface area (Å²) >= 11 is 0. The Morgan fingerprint density at radius 3 is 2.62 bits per heavy atom. The zero-order valence-electron chi connectivity index (χ0n) is 17.4. The number of nitrogens with one attached hydrogen (secondary N) is 1. The van der Waals surface area contributed by atoms with Crippen LogP contribution < -0.4 is 19.5 Å². The first-order chi connectivity index (χ1) is 14.1. The van der Waals surface area contributed by atoms with Crippen molar-refractivity contribution >= 4 is 0 Å². The minimum atomic E-state index is -0.541. The molecule has 2 aromatic carbocycles. The minimum Gasteiger partial charge on any atom is -0.496 e. The van der Waals surface area contributed by atoms with E-state index in [2.05, 4.69) is 5.32 Å². The second-order valence-corrected chi connectivity index (χ2v) is 7.29. The maximum absolute atomic E-state index is 9.74. The Hall–Kier alpha value is -2.28. The van der Waals surface area contributed by atoms with Gasteiger partial charge in [0.2, 0.25) is 0 Å². The summed E-state index contributed by atoms with van der Waals surface area (Å²) in [7, 11) is 3.26. The third-order valence-electron chi connectivity index (χ3n) is 5.13. The summed E-state index contributed by atoms with van der Waals surface area (Å²) in [6.45, 7) is 4.57. The van der Waals surface area contributed by atoms with Crippen LogP contribution in [0.25, 0.3) is 0 Å². The number of methoxy groups -OCH3 is 2. The largest absolute Gasteiger partial charge is 0.496 e. The predicted octanol–water partition coefficient (Wildman–Crippen LogP) is 3.60. The van der Waals surface area contributed by atoms with Crippen LogP contribution in [0.4, 0.5) is 0 Å². The molecule has 2 N–H and O–H groups in total. The fourth-order valence-corrected chi connectivity index (χ4v) is 3.42. The highest BCUT2D eigenvalue weighted by molar-refractivity contribution is 5.44. The monoisotopic (exact) mass is 401 g/mol. The summed E-state index contributed by atoms with van der Waals surface area (Å²) in [5.41, 5.74) is 2.84. The molecule has 0 aliphatic carbocycles. The van der Waals surface area contributed by atoms with Crippen molar-refractivity contribution in [2.45, 2.75) is 45.1 Å². The van der Waals surface area contributed by atoms with Gasteiger partial charge in [-0.1, -0.05) is 18.2 Å². The van der Waals surface area contributed by atoms with Crippen LogP contribution in [0.3, 0.4) is 0 Å². The Balaban J connectivity index is 1.60. The Morgan fingerprint density at radius 2 is 1.93 bits per heavy atom. The van der Waals surface area contributed by atoms with Crippen LogP contribution >= 0.6 is 0 Å². The van der Waals surface area contributed by atoms with E-state index >= 15 is 0 Å². The molecule has 0 bridgehead atoms. The molecule has 1 aliphatic heterocycles. The SMILES string of the molecule is COc1cc(C(C)O)ccc1COc1ccc(CNCC2CCCO2)cc1OC. The highest BCUT2D eigenvalue weighted by atomic mass is 16.5. The lowest BCUT2D eigenvalue weighted by molar-refractivity contribution is 0.110. The van der Waals surface area contributed by atoms with Crippen molar-refractivity contribution in [3.8, 4) is 17.2 Å². The van der Waals surface area contributed by atoms with Gasteiger partial charge in [-0.15, -0.1) is 0 Å². The second-order valence-electron chi connectivity index (χ2n) is 7.29. The molecule has 1 fully saturated rings. The lowest BCUT2D eigenvalue weighted by atomic mass is 10.1. The lowest BCUT2D eigenvalue weighted by Crippen LogP contribution is -2.25. The normalized spacial score (nSPS) is 17.2. The topological polar surface area (TPSA) is 69.2 Å². The molecule has 1 saturated heterocycles. The third kappa shape index (κ3) is 5.85. The molecule has 0 amide bonds. The molecule has 2 aromatic rings. The van der Waals surface area contributed by atoms with Crippen molar-refractivity contribution in [2.75, 3.05) is 27.4 Å². The highest BCUT2D eigenvalue weighted by Gasteiger charge is 2.15. The molecule has 0 radical (unpaired) electrons. The number of rotatable bonds is 10. The van der Waals surface area contributed by atoms with Crippen LogP contribution in [-0.4, -0.2) is 38.6 Å². The molecule has 6 nitrogen and oxygen atoms in total. The van der Waals surface area contributed by atoms with Crippen LogP contribution in [0.15, 0.2) is 36.4 Å². The number of hydrogen-bond donors (Lipinski definition) is 2. The number of ether oxygens (including phenoxy) is 4. The summed E-state index contributed by atoms with van der Waals surface area (Å²) in [6, 6.07) is 11.6. The van der Waals surface area contributed by atoms with Crippen molar-refractivity contribution < 1.29 is 24.1 Å². The van der Waals surface area contributed by atoms with Gasteiger partial charge in [-0.05, 0) is 49.1 Å². The van der Waals surface area contributed by atoms with Gasteiger partial charge >= 0.3 is 0 Å². The molecular weight excluding hydrogens is 370 g/mol. The second kappa shape index (κ2) is 10.5. The van der Waals surface area contributed by atoms with E-state index in [1.54, 1.807) is 21.1 Å². The van der Waals surface area contributed by atoms with Gasteiger partial charge in [0.25, 0.3) is 0 Å². The molecule has 2 unspecified atom stereocenters. The number of hydrogen-bond acceptors (Lipinski definition) is 6. The molecule has 3 rings (SSSR count). The van der Waals surface area contributed by atoms with E-state index in [1.165, 1.54) is 0 Å². The van der Waals surface area contributed by atoms with Crippen molar-refractivity contribution in [1.29, 1.82) is 0 Å². The fraction of sp³-hybridized carbons (Fsp3) is 0.478. The van der Waals surface area contributed by atoms with Crippen LogP contribution in [0.5, 0.6) is 17.2 Å². The minimum absolute atomic E-state index is 0.328. The van der Waals surface area contributed by atoms with E-state index < -0.39 is 6.10 Å². The predicted molar refractivity (Wildman–Crippen MR) is 112 cm³/mol. The van der Waals surface area contributed by atoms with Gasteiger partial charge in [0.15, 0.2) is 11.5 Å². The lowest BCUT2D eigenvalue weighted by Gasteiger charge is -2.16. The van der Waals surface area contributed by atoms with E-state index in [4.69, 9.17) is 18.9 Å². The molecule has 6 heteroatoms. The van der Waals surface area contributed by atoms with E-state index in [1.807, 2.05) is 36.4 Å². The van der Waals surface area contributed by atoms with Gasteiger partial charge in [-0.25, -0.2) is 0 Å². The van der Waals surface area contributed by atoms with Crippen LogP contribution in [-0.2, 0) is 17.9 Å². The van der Waals surface area contributed by atoms with Crippen molar-refractivity contribution in [1.82, 2.24) is 5.32 Å². The van der Waals surface area contributed by atoms with E-state index in [0.717, 1.165) is 49.2 Å². The Morgan fingerprint density at radius 1 is 1.10 bits per heavy atom. The van der Waals surface area contributed by atoms with Gasteiger partial charge in [0, 0.05) is 25.3 Å². The average Bonchev–Trinajstić information content (AvgIpc) is 3.26. The zero-order chi connectivity index (χ0) is 20.6. The summed E-state index contributed by atoms with van der Waals surface area (Å²) in [5, 5.41) is 13.2. The van der Waals surface area contributed by atoms with Crippen LogP contribution in [0, 0.1) is 0 Å². The van der Waals surface area contributed by atoms with E-state index in [-0.39, 0.29) is 0 Å².